The predicted octanol–water partition coefficient (Wildman–Crippen LogP) is -2.04. The quantitative estimate of drug-likeness (QED) is 0.630. The molecule has 1 aliphatic rings. The Labute approximate surface area is 131 Å². The lowest BCUT2D eigenvalue weighted by Gasteiger charge is -2.36. The molecule has 0 spiro atoms. The van der Waals surface area contributed by atoms with Gasteiger partial charge in [0.1, 0.15) is 18.8 Å². The Hall–Kier alpha value is -1.56. The first-order valence-corrected chi connectivity index (χ1v) is 6.74. The summed E-state index contributed by atoms with van der Waals surface area (Å²) in [5.74, 6) is 0.172. The van der Waals surface area contributed by atoms with Gasteiger partial charge in [-0.1, -0.05) is 18.2 Å². The molecule has 1 aliphatic heterocycles. The molecule has 2 N–H and O–H groups in total. The number of benzene rings is 1. The van der Waals surface area contributed by atoms with Crippen LogP contribution in [0.15, 0.2) is 30.5 Å². The van der Waals surface area contributed by atoms with Crippen molar-refractivity contribution in [1.29, 1.82) is 0 Å². The van der Waals surface area contributed by atoms with E-state index in [1.54, 1.807) is 30.5 Å². The third kappa shape index (κ3) is 5.38. The standard InChI is InChI=1S/C15H20N2O3.ClH/c1-17(8-10-20-11-9-17)12-15(19)16-7-6-13-4-2-3-5-14(13)18;/h2-7H,8-12H2,1H3,(H-,16,18,19);1H/b7-6+;. The number of likely N-dealkylation sites (N-methyl/N-ethyl adjacent to an activating group) is 1. The van der Waals surface area contributed by atoms with E-state index >= 15 is 0 Å². The number of amides is 1. The molecule has 0 radical (unpaired) electrons. The fourth-order valence-corrected chi connectivity index (χ4v) is 2.19. The van der Waals surface area contributed by atoms with Gasteiger partial charge in [0.25, 0.3) is 5.91 Å². The molecule has 1 aromatic rings. The van der Waals surface area contributed by atoms with Crippen LogP contribution >= 0.6 is 0 Å². The first-order valence-electron chi connectivity index (χ1n) is 6.74. The van der Waals surface area contributed by atoms with E-state index in [0.717, 1.165) is 13.1 Å². The molecule has 0 unspecified atom stereocenters. The molecule has 0 aliphatic carbocycles. The average Bonchev–Trinajstić information content (AvgIpc) is 2.41. The molecule has 1 amide bonds. The van der Waals surface area contributed by atoms with Gasteiger partial charge in [0, 0.05) is 11.8 Å². The highest BCUT2D eigenvalue weighted by atomic mass is 35.5. The Kier molecular flexibility index (Phi) is 6.68. The molecular formula is C15H21ClN2O3. The van der Waals surface area contributed by atoms with Crippen molar-refractivity contribution in [1.82, 2.24) is 5.32 Å². The van der Waals surface area contributed by atoms with Gasteiger partial charge in [-0.2, -0.15) is 0 Å². The second kappa shape index (κ2) is 8.02. The number of morpholine rings is 1. The van der Waals surface area contributed by atoms with Crippen LogP contribution in [0.5, 0.6) is 5.75 Å². The summed E-state index contributed by atoms with van der Waals surface area (Å²) >= 11 is 0. The molecule has 2 rings (SSSR count). The van der Waals surface area contributed by atoms with Crippen LogP contribution in [0, 0.1) is 0 Å². The van der Waals surface area contributed by atoms with Crippen molar-refractivity contribution in [3.63, 3.8) is 0 Å². The summed E-state index contributed by atoms with van der Waals surface area (Å²) in [6.45, 7) is 3.57. The van der Waals surface area contributed by atoms with Crippen LogP contribution in [0.1, 0.15) is 5.56 Å². The summed E-state index contributed by atoms with van der Waals surface area (Å²) in [4.78, 5) is 11.9. The number of hydrogen-bond donors (Lipinski definition) is 2. The maximum Gasteiger partial charge on any atom is 0.279 e. The summed E-state index contributed by atoms with van der Waals surface area (Å²) in [5, 5.41) is 12.3. The molecule has 6 heteroatoms. The second-order valence-electron chi connectivity index (χ2n) is 5.30. The zero-order valence-corrected chi connectivity index (χ0v) is 12.8. The van der Waals surface area contributed by atoms with E-state index in [-0.39, 0.29) is 24.1 Å². The Morgan fingerprint density at radius 1 is 1.38 bits per heavy atom. The summed E-state index contributed by atoms with van der Waals surface area (Å²) in [6, 6.07) is 6.99. The molecule has 21 heavy (non-hydrogen) atoms. The van der Waals surface area contributed by atoms with E-state index in [1.807, 2.05) is 6.07 Å². The van der Waals surface area contributed by atoms with Crippen LogP contribution in [-0.2, 0) is 9.53 Å². The molecule has 0 aromatic heterocycles. The van der Waals surface area contributed by atoms with Crippen molar-refractivity contribution in [3.05, 3.63) is 36.0 Å². The largest absolute Gasteiger partial charge is 1.00 e. The number of rotatable bonds is 4. The number of phenols is 1. The van der Waals surface area contributed by atoms with Crippen LogP contribution in [0.25, 0.3) is 6.08 Å². The van der Waals surface area contributed by atoms with Crippen LogP contribution in [0.2, 0.25) is 0 Å². The van der Waals surface area contributed by atoms with E-state index in [2.05, 4.69) is 12.4 Å². The molecule has 0 bridgehead atoms. The first-order chi connectivity index (χ1) is 9.59. The van der Waals surface area contributed by atoms with Crippen molar-refractivity contribution in [3.8, 4) is 5.75 Å². The lowest BCUT2D eigenvalue weighted by atomic mass is 10.2. The van der Waals surface area contributed by atoms with Gasteiger partial charge >= 0.3 is 0 Å². The second-order valence-corrected chi connectivity index (χ2v) is 5.30. The van der Waals surface area contributed by atoms with E-state index in [4.69, 9.17) is 4.74 Å². The zero-order valence-electron chi connectivity index (χ0n) is 12.1. The number of halogens is 1. The monoisotopic (exact) mass is 312 g/mol. The number of phenolic OH excluding ortho intramolecular Hbond substituents is 1. The predicted molar refractivity (Wildman–Crippen MR) is 76.9 cm³/mol. The number of nitrogens with one attached hydrogen (secondary N) is 1. The molecule has 116 valence electrons. The Morgan fingerprint density at radius 3 is 2.71 bits per heavy atom. The Balaban J connectivity index is 0.00000220. The minimum atomic E-state index is -0.0268. The smallest absolute Gasteiger partial charge is 0.279 e. The molecule has 0 atom stereocenters. The van der Waals surface area contributed by atoms with Gasteiger partial charge in [-0.05, 0) is 12.1 Å². The van der Waals surface area contributed by atoms with Gasteiger partial charge in [-0.25, -0.2) is 0 Å². The number of quaternary nitrogens is 1. The highest BCUT2D eigenvalue weighted by molar-refractivity contribution is 5.79. The average molecular weight is 313 g/mol. The van der Waals surface area contributed by atoms with Crippen LogP contribution in [0.4, 0.5) is 0 Å². The normalized spacial score (nSPS) is 17.2. The minimum Gasteiger partial charge on any atom is -1.00 e. The first kappa shape index (κ1) is 17.5. The minimum absolute atomic E-state index is 0. The van der Waals surface area contributed by atoms with Crippen molar-refractivity contribution < 1.29 is 31.5 Å². The number of carbonyl (C=O) groups excluding carboxylic acids is 1. The molecule has 1 saturated heterocycles. The van der Waals surface area contributed by atoms with Gasteiger partial charge in [0.05, 0.1) is 20.3 Å². The maximum atomic E-state index is 11.9. The molecule has 5 nitrogen and oxygen atoms in total. The molecule has 0 saturated carbocycles. The van der Waals surface area contributed by atoms with E-state index in [9.17, 15) is 9.90 Å². The maximum absolute atomic E-state index is 11.9. The lowest BCUT2D eigenvalue weighted by molar-refractivity contribution is -0.909. The van der Waals surface area contributed by atoms with Gasteiger partial charge in [0.15, 0.2) is 6.54 Å². The van der Waals surface area contributed by atoms with Gasteiger partial charge < -0.3 is 32.1 Å². The number of para-hydroxylation sites is 1. The Bertz CT molecular complexity index is 499. The van der Waals surface area contributed by atoms with Crippen LogP contribution in [0.3, 0.4) is 0 Å². The third-order valence-electron chi connectivity index (χ3n) is 3.52. The molecular weight excluding hydrogens is 292 g/mol. The van der Waals surface area contributed by atoms with E-state index < -0.39 is 0 Å². The van der Waals surface area contributed by atoms with E-state index in [1.165, 1.54) is 0 Å². The topological polar surface area (TPSA) is 58.6 Å². The van der Waals surface area contributed by atoms with Gasteiger partial charge in [-0.15, -0.1) is 0 Å². The summed E-state index contributed by atoms with van der Waals surface area (Å²) < 4.78 is 6.01. The number of carbonyl (C=O) groups is 1. The van der Waals surface area contributed by atoms with Crippen molar-refractivity contribution in [2.75, 3.05) is 39.9 Å². The summed E-state index contributed by atoms with van der Waals surface area (Å²) in [5.41, 5.74) is 0.680. The number of nitrogens with zero attached hydrogens (tertiary/aromatic N) is 1. The summed E-state index contributed by atoms with van der Waals surface area (Å²) in [7, 11) is 2.06. The molecule has 1 aromatic carbocycles. The molecule has 1 heterocycles. The van der Waals surface area contributed by atoms with Gasteiger partial charge in [-0.3, -0.25) is 4.79 Å². The van der Waals surface area contributed by atoms with Crippen molar-refractivity contribution in [2.45, 2.75) is 0 Å². The van der Waals surface area contributed by atoms with Gasteiger partial charge in [0.2, 0.25) is 0 Å². The fourth-order valence-electron chi connectivity index (χ4n) is 2.19. The third-order valence-corrected chi connectivity index (χ3v) is 3.52. The Morgan fingerprint density at radius 2 is 2.05 bits per heavy atom. The zero-order chi connectivity index (χ0) is 14.4. The molecule has 1 fully saturated rings. The fraction of sp³-hybridized carbons (Fsp3) is 0.400. The lowest BCUT2D eigenvalue weighted by Crippen LogP contribution is -3.00. The SMILES string of the molecule is C[N+]1(CC(=O)N/C=C/c2ccccc2O)CCOCC1.[Cl-]. The number of hydrogen-bond acceptors (Lipinski definition) is 3. The van der Waals surface area contributed by atoms with Crippen LogP contribution < -0.4 is 17.7 Å². The highest BCUT2D eigenvalue weighted by Crippen LogP contribution is 2.16. The van der Waals surface area contributed by atoms with Crippen molar-refractivity contribution >= 4 is 12.0 Å². The number of ether oxygens (including phenoxy) is 1. The number of aromatic hydroxyl groups is 1. The van der Waals surface area contributed by atoms with Crippen molar-refractivity contribution in [2.24, 2.45) is 0 Å². The van der Waals surface area contributed by atoms with Crippen LogP contribution in [-0.4, -0.2) is 55.4 Å². The van der Waals surface area contributed by atoms with E-state index in [0.29, 0.717) is 29.8 Å². The summed E-state index contributed by atoms with van der Waals surface area (Å²) in [6.07, 6.45) is 3.26. The highest BCUT2D eigenvalue weighted by Gasteiger charge is 2.27.